The van der Waals surface area contributed by atoms with Gasteiger partial charge in [0, 0.05) is 17.5 Å². The SMILES string of the molecule is CS(=O)(=O)c1cc(C(=O)N(CC(=O)Nc2ccccc2)Cc2ccco2)ccc1Cl. The summed E-state index contributed by atoms with van der Waals surface area (Å²) in [6, 6.07) is 16.2. The van der Waals surface area contributed by atoms with Crippen molar-refractivity contribution in [2.45, 2.75) is 11.4 Å². The Morgan fingerprint density at radius 3 is 2.43 bits per heavy atom. The number of hydrogen-bond donors (Lipinski definition) is 1. The number of carbonyl (C=O) groups is 2. The predicted octanol–water partition coefficient (Wildman–Crippen LogP) is 3.62. The quantitative estimate of drug-likeness (QED) is 0.597. The van der Waals surface area contributed by atoms with Crippen molar-refractivity contribution in [3.8, 4) is 0 Å². The van der Waals surface area contributed by atoms with E-state index in [4.69, 9.17) is 16.0 Å². The van der Waals surface area contributed by atoms with Gasteiger partial charge in [-0.1, -0.05) is 29.8 Å². The minimum absolute atomic E-state index is 0.0217. The Labute approximate surface area is 179 Å². The van der Waals surface area contributed by atoms with Crippen LogP contribution in [0, 0.1) is 0 Å². The van der Waals surface area contributed by atoms with Gasteiger partial charge in [-0.05, 0) is 42.5 Å². The highest BCUT2D eigenvalue weighted by Crippen LogP contribution is 2.24. The zero-order valence-corrected chi connectivity index (χ0v) is 17.6. The summed E-state index contributed by atoms with van der Waals surface area (Å²) in [6.07, 6.45) is 2.47. The Hall–Kier alpha value is -3.10. The van der Waals surface area contributed by atoms with Crippen LogP contribution in [0.2, 0.25) is 5.02 Å². The number of carbonyl (C=O) groups excluding carboxylic acids is 2. The van der Waals surface area contributed by atoms with Crippen LogP contribution in [0.25, 0.3) is 0 Å². The van der Waals surface area contributed by atoms with E-state index >= 15 is 0 Å². The molecule has 3 rings (SSSR count). The van der Waals surface area contributed by atoms with Crippen LogP contribution in [-0.2, 0) is 21.2 Å². The summed E-state index contributed by atoms with van der Waals surface area (Å²) in [5, 5.41) is 2.74. The van der Waals surface area contributed by atoms with Gasteiger partial charge in [-0.2, -0.15) is 0 Å². The molecular weight excluding hydrogens is 428 g/mol. The van der Waals surface area contributed by atoms with Gasteiger partial charge in [-0.25, -0.2) is 8.42 Å². The lowest BCUT2D eigenvalue weighted by Crippen LogP contribution is -2.37. The molecule has 156 valence electrons. The Kier molecular flexibility index (Phi) is 6.59. The Morgan fingerprint density at radius 2 is 1.80 bits per heavy atom. The number of amides is 2. The number of benzene rings is 2. The third kappa shape index (κ3) is 5.49. The molecule has 1 heterocycles. The van der Waals surface area contributed by atoms with Crippen LogP contribution in [0.5, 0.6) is 0 Å². The molecule has 0 aliphatic carbocycles. The second-order valence-electron chi connectivity index (χ2n) is 6.57. The molecule has 30 heavy (non-hydrogen) atoms. The molecule has 7 nitrogen and oxygen atoms in total. The summed E-state index contributed by atoms with van der Waals surface area (Å²) in [5.74, 6) is -0.456. The summed E-state index contributed by atoms with van der Waals surface area (Å²) < 4.78 is 29.2. The number of para-hydroxylation sites is 1. The number of nitrogens with one attached hydrogen (secondary N) is 1. The van der Waals surface area contributed by atoms with Crippen molar-refractivity contribution < 1.29 is 22.4 Å². The van der Waals surface area contributed by atoms with Gasteiger partial charge in [0.25, 0.3) is 5.91 Å². The van der Waals surface area contributed by atoms with Crippen molar-refractivity contribution in [1.29, 1.82) is 0 Å². The molecule has 0 saturated carbocycles. The van der Waals surface area contributed by atoms with Crippen LogP contribution in [0.15, 0.2) is 76.2 Å². The molecule has 3 aromatic rings. The molecule has 1 N–H and O–H groups in total. The monoisotopic (exact) mass is 446 g/mol. The smallest absolute Gasteiger partial charge is 0.254 e. The number of halogens is 1. The van der Waals surface area contributed by atoms with Gasteiger partial charge in [0.15, 0.2) is 9.84 Å². The van der Waals surface area contributed by atoms with E-state index in [-0.39, 0.29) is 28.6 Å². The van der Waals surface area contributed by atoms with Crippen LogP contribution in [-0.4, -0.2) is 37.9 Å². The summed E-state index contributed by atoms with van der Waals surface area (Å²) in [7, 11) is -3.63. The minimum atomic E-state index is -3.63. The molecule has 0 bridgehead atoms. The van der Waals surface area contributed by atoms with Crippen LogP contribution >= 0.6 is 11.6 Å². The number of furan rings is 1. The number of anilines is 1. The number of rotatable bonds is 7. The first-order valence-electron chi connectivity index (χ1n) is 8.90. The zero-order chi connectivity index (χ0) is 21.7. The molecule has 0 aliphatic rings. The maximum Gasteiger partial charge on any atom is 0.254 e. The van der Waals surface area contributed by atoms with Crippen LogP contribution in [0.4, 0.5) is 5.69 Å². The lowest BCUT2D eigenvalue weighted by Gasteiger charge is -2.22. The highest BCUT2D eigenvalue weighted by atomic mass is 35.5. The summed E-state index contributed by atoms with van der Waals surface area (Å²) in [6.45, 7) is -0.226. The van der Waals surface area contributed by atoms with Crippen molar-refractivity contribution in [1.82, 2.24) is 4.90 Å². The molecule has 0 unspecified atom stereocenters. The fourth-order valence-corrected chi connectivity index (χ4v) is 4.09. The molecule has 0 atom stereocenters. The molecule has 2 aromatic carbocycles. The van der Waals surface area contributed by atoms with E-state index in [0.29, 0.717) is 11.4 Å². The maximum atomic E-state index is 13.1. The van der Waals surface area contributed by atoms with Crippen molar-refractivity contribution >= 4 is 38.9 Å². The maximum absolute atomic E-state index is 13.1. The number of nitrogens with zero attached hydrogens (tertiary/aromatic N) is 1. The molecule has 2 amide bonds. The third-order valence-electron chi connectivity index (χ3n) is 4.18. The molecule has 0 radical (unpaired) electrons. The normalized spacial score (nSPS) is 11.1. The molecular formula is C21H19ClN2O5S. The molecule has 0 fully saturated rings. The highest BCUT2D eigenvalue weighted by molar-refractivity contribution is 7.90. The topological polar surface area (TPSA) is 96.7 Å². The fourth-order valence-electron chi connectivity index (χ4n) is 2.79. The summed E-state index contributed by atoms with van der Waals surface area (Å²) >= 11 is 5.97. The third-order valence-corrected chi connectivity index (χ3v) is 5.76. The fraction of sp³-hybridized carbons (Fsp3) is 0.143. The van der Waals surface area contributed by atoms with Gasteiger partial charge < -0.3 is 14.6 Å². The molecule has 1 aromatic heterocycles. The first kappa shape index (κ1) is 21.6. The molecule has 0 saturated heterocycles. The van der Waals surface area contributed by atoms with E-state index < -0.39 is 21.7 Å². The van der Waals surface area contributed by atoms with E-state index in [2.05, 4.69) is 5.32 Å². The molecule has 9 heteroatoms. The first-order chi connectivity index (χ1) is 14.2. The van der Waals surface area contributed by atoms with E-state index in [1.54, 1.807) is 36.4 Å². The van der Waals surface area contributed by atoms with Crippen LogP contribution in [0.1, 0.15) is 16.1 Å². The Bertz CT molecular complexity index is 1150. The second kappa shape index (κ2) is 9.15. The average Bonchev–Trinajstić information content (AvgIpc) is 3.20. The largest absolute Gasteiger partial charge is 0.467 e. The average molecular weight is 447 g/mol. The summed E-state index contributed by atoms with van der Waals surface area (Å²) in [5.41, 5.74) is 0.692. The van der Waals surface area contributed by atoms with Crippen LogP contribution < -0.4 is 5.32 Å². The van der Waals surface area contributed by atoms with Crippen molar-refractivity contribution in [3.05, 3.63) is 83.3 Å². The minimum Gasteiger partial charge on any atom is -0.467 e. The van der Waals surface area contributed by atoms with Gasteiger partial charge in [0.1, 0.15) is 12.3 Å². The van der Waals surface area contributed by atoms with Crippen molar-refractivity contribution in [2.75, 3.05) is 18.1 Å². The Balaban J connectivity index is 1.86. The zero-order valence-electron chi connectivity index (χ0n) is 16.0. The van der Waals surface area contributed by atoms with Gasteiger partial charge in [-0.3, -0.25) is 9.59 Å². The number of hydrogen-bond acceptors (Lipinski definition) is 5. The summed E-state index contributed by atoms with van der Waals surface area (Å²) in [4.78, 5) is 26.7. The van der Waals surface area contributed by atoms with Gasteiger partial charge >= 0.3 is 0 Å². The lowest BCUT2D eigenvalue weighted by atomic mass is 10.2. The van der Waals surface area contributed by atoms with E-state index in [1.165, 1.54) is 29.4 Å². The highest BCUT2D eigenvalue weighted by Gasteiger charge is 2.23. The number of sulfone groups is 1. The molecule has 0 aliphatic heterocycles. The Morgan fingerprint density at radius 1 is 1.07 bits per heavy atom. The standard InChI is InChI=1S/C21H19ClN2O5S/c1-30(27,28)19-12-15(9-10-18(19)22)21(26)24(13-17-8-5-11-29-17)14-20(25)23-16-6-3-2-4-7-16/h2-12H,13-14H2,1H3,(H,23,25). The van der Waals surface area contributed by atoms with Gasteiger partial charge in [-0.15, -0.1) is 0 Å². The first-order valence-corrected chi connectivity index (χ1v) is 11.2. The predicted molar refractivity (Wildman–Crippen MR) is 113 cm³/mol. The van der Waals surface area contributed by atoms with E-state index in [0.717, 1.165) is 6.26 Å². The van der Waals surface area contributed by atoms with Crippen LogP contribution in [0.3, 0.4) is 0 Å². The lowest BCUT2D eigenvalue weighted by molar-refractivity contribution is -0.117. The second-order valence-corrected chi connectivity index (χ2v) is 8.96. The van der Waals surface area contributed by atoms with Gasteiger partial charge in [0.2, 0.25) is 5.91 Å². The van der Waals surface area contributed by atoms with E-state index in [9.17, 15) is 18.0 Å². The van der Waals surface area contributed by atoms with Crippen molar-refractivity contribution in [2.24, 2.45) is 0 Å². The van der Waals surface area contributed by atoms with E-state index in [1.807, 2.05) is 6.07 Å². The van der Waals surface area contributed by atoms with Crippen molar-refractivity contribution in [3.63, 3.8) is 0 Å². The molecule has 0 spiro atoms. The van der Waals surface area contributed by atoms with Gasteiger partial charge in [0.05, 0.1) is 22.7 Å².